The molecular weight excluding hydrogens is 563 g/mol. The highest BCUT2D eigenvalue weighted by Crippen LogP contribution is 2.35. The molecule has 0 radical (unpaired) electrons. The Kier molecular flexibility index (Phi) is 7.23. The number of ether oxygens (including phenoxy) is 1. The number of halogens is 4. The monoisotopic (exact) mass is 574 g/mol. The van der Waals surface area contributed by atoms with E-state index in [1.54, 1.807) is 12.1 Å². The fourth-order valence-electron chi connectivity index (χ4n) is 2.72. The van der Waals surface area contributed by atoms with Crippen molar-refractivity contribution in [3.63, 3.8) is 0 Å². The predicted octanol–water partition coefficient (Wildman–Crippen LogP) is 5.97. The summed E-state index contributed by atoms with van der Waals surface area (Å²) in [7, 11) is 0. The average Bonchev–Trinajstić information content (AvgIpc) is 2.67. The molecule has 30 heavy (non-hydrogen) atoms. The molecule has 6 nitrogen and oxygen atoms in total. The minimum atomic E-state index is -0.876. The number of barbiturate groups is 1. The highest BCUT2D eigenvalue weighted by molar-refractivity contribution is 9.11. The molecule has 0 unspecified atom stereocenters. The third-order valence-corrected chi connectivity index (χ3v) is 5.84. The van der Waals surface area contributed by atoms with Crippen LogP contribution >= 0.6 is 55.1 Å². The van der Waals surface area contributed by atoms with E-state index in [9.17, 15) is 14.4 Å². The zero-order chi connectivity index (χ0) is 22.0. The van der Waals surface area contributed by atoms with Gasteiger partial charge in [0.25, 0.3) is 11.8 Å². The molecule has 0 aliphatic carbocycles. The Hall–Kier alpha value is -1.87. The Labute approximate surface area is 199 Å². The Balaban J connectivity index is 2.08. The number of anilines is 1. The predicted molar refractivity (Wildman–Crippen MR) is 123 cm³/mol. The van der Waals surface area contributed by atoms with Crippen LogP contribution in [0.15, 0.2) is 44.9 Å². The van der Waals surface area contributed by atoms with Crippen LogP contribution in [0.3, 0.4) is 0 Å². The highest BCUT2D eigenvalue weighted by Gasteiger charge is 2.37. The zero-order valence-corrected chi connectivity index (χ0v) is 20.2. The fourth-order valence-corrected chi connectivity index (χ4v) is 4.38. The molecule has 1 heterocycles. The standard InChI is InChI=1S/C20H14Br2Cl2N2O4/c1-2-5-30-17-10(6-11(21)8-14(17)22)7-13-18(27)25-20(29)26(19(13)28)12-3-4-15(23)16(24)9-12/h3-4,6-9H,2,5H2,1H3,(H,25,27,29)/b13-7+. The van der Waals surface area contributed by atoms with Gasteiger partial charge >= 0.3 is 6.03 Å². The van der Waals surface area contributed by atoms with Crippen LogP contribution in [0, 0.1) is 0 Å². The lowest BCUT2D eigenvalue weighted by Gasteiger charge is -2.26. The first-order valence-electron chi connectivity index (χ1n) is 8.71. The quantitative estimate of drug-likeness (QED) is 0.351. The Morgan fingerprint density at radius 2 is 1.83 bits per heavy atom. The van der Waals surface area contributed by atoms with E-state index in [0.29, 0.717) is 26.9 Å². The molecule has 0 bridgehead atoms. The van der Waals surface area contributed by atoms with Crippen molar-refractivity contribution in [1.29, 1.82) is 0 Å². The molecule has 4 amide bonds. The number of hydrogen-bond donors (Lipinski definition) is 1. The van der Waals surface area contributed by atoms with Gasteiger partial charge in [0.15, 0.2) is 0 Å². The second-order valence-corrected chi connectivity index (χ2v) is 8.80. The van der Waals surface area contributed by atoms with Crippen molar-refractivity contribution in [2.75, 3.05) is 11.5 Å². The van der Waals surface area contributed by atoms with Crippen molar-refractivity contribution < 1.29 is 19.1 Å². The van der Waals surface area contributed by atoms with Crippen LogP contribution in [0.2, 0.25) is 10.0 Å². The molecule has 156 valence electrons. The summed E-state index contributed by atoms with van der Waals surface area (Å²) >= 11 is 18.8. The molecule has 10 heteroatoms. The van der Waals surface area contributed by atoms with E-state index in [1.807, 2.05) is 6.92 Å². The third-order valence-electron chi connectivity index (χ3n) is 4.05. The molecule has 1 aliphatic rings. The number of amides is 4. The van der Waals surface area contributed by atoms with E-state index in [4.69, 9.17) is 27.9 Å². The molecule has 3 rings (SSSR count). The van der Waals surface area contributed by atoms with Gasteiger partial charge in [-0.05, 0) is 58.8 Å². The summed E-state index contributed by atoms with van der Waals surface area (Å²) in [4.78, 5) is 38.7. The largest absolute Gasteiger partial charge is 0.492 e. The number of carbonyl (C=O) groups is 3. The lowest BCUT2D eigenvalue weighted by Crippen LogP contribution is -2.54. The molecule has 1 saturated heterocycles. The number of imide groups is 2. The molecule has 2 aromatic carbocycles. The first kappa shape index (κ1) is 22.8. The van der Waals surface area contributed by atoms with Gasteiger partial charge in [-0.3, -0.25) is 14.9 Å². The number of nitrogens with zero attached hydrogens (tertiary/aromatic N) is 1. The summed E-state index contributed by atoms with van der Waals surface area (Å²) < 4.78 is 7.14. The second-order valence-electron chi connectivity index (χ2n) is 6.21. The highest BCUT2D eigenvalue weighted by atomic mass is 79.9. The van der Waals surface area contributed by atoms with Crippen molar-refractivity contribution in [1.82, 2.24) is 5.32 Å². The van der Waals surface area contributed by atoms with Crippen LogP contribution in [-0.4, -0.2) is 24.5 Å². The number of urea groups is 1. The van der Waals surface area contributed by atoms with Crippen molar-refractivity contribution >= 4 is 84.7 Å². The topological polar surface area (TPSA) is 75.7 Å². The second kappa shape index (κ2) is 9.51. The maximum atomic E-state index is 13.1. The Bertz CT molecular complexity index is 1090. The molecule has 2 aromatic rings. The lowest BCUT2D eigenvalue weighted by atomic mass is 10.1. The first-order chi connectivity index (χ1) is 14.2. The van der Waals surface area contributed by atoms with Gasteiger partial charge in [-0.15, -0.1) is 0 Å². The molecule has 0 aromatic heterocycles. The fraction of sp³-hybridized carbons (Fsp3) is 0.150. The summed E-state index contributed by atoms with van der Waals surface area (Å²) in [5.41, 5.74) is 0.446. The third kappa shape index (κ3) is 4.72. The average molecular weight is 577 g/mol. The van der Waals surface area contributed by atoms with Crippen LogP contribution in [-0.2, 0) is 9.59 Å². The van der Waals surface area contributed by atoms with Gasteiger partial charge in [0.05, 0.1) is 26.8 Å². The Morgan fingerprint density at radius 3 is 2.50 bits per heavy atom. The number of nitrogens with one attached hydrogen (secondary N) is 1. The van der Waals surface area contributed by atoms with Crippen molar-refractivity contribution in [3.05, 3.63) is 60.5 Å². The van der Waals surface area contributed by atoms with Crippen LogP contribution < -0.4 is 15.0 Å². The molecule has 0 spiro atoms. The normalized spacial score (nSPS) is 15.6. The van der Waals surface area contributed by atoms with Crippen LogP contribution in [0.25, 0.3) is 6.08 Å². The number of benzene rings is 2. The van der Waals surface area contributed by atoms with E-state index in [0.717, 1.165) is 11.3 Å². The SMILES string of the molecule is CCCOc1c(Br)cc(Br)cc1/C=C1\C(=O)NC(=O)N(c2ccc(Cl)c(Cl)c2)C1=O. The van der Waals surface area contributed by atoms with E-state index < -0.39 is 17.8 Å². The number of carbonyl (C=O) groups excluding carboxylic acids is 3. The van der Waals surface area contributed by atoms with E-state index in [2.05, 4.69) is 37.2 Å². The van der Waals surface area contributed by atoms with E-state index in [1.165, 1.54) is 24.3 Å². The van der Waals surface area contributed by atoms with Crippen molar-refractivity contribution in [3.8, 4) is 5.75 Å². The summed E-state index contributed by atoms with van der Waals surface area (Å²) in [5.74, 6) is -1.12. The molecule has 1 aliphatic heterocycles. The minimum Gasteiger partial charge on any atom is -0.492 e. The first-order valence-corrected chi connectivity index (χ1v) is 11.1. The number of rotatable bonds is 5. The van der Waals surface area contributed by atoms with Gasteiger partial charge in [-0.1, -0.05) is 46.1 Å². The van der Waals surface area contributed by atoms with E-state index in [-0.39, 0.29) is 21.3 Å². The smallest absolute Gasteiger partial charge is 0.335 e. The van der Waals surface area contributed by atoms with Gasteiger partial charge in [0.2, 0.25) is 0 Å². The zero-order valence-electron chi connectivity index (χ0n) is 15.5. The molecule has 1 N–H and O–H groups in total. The van der Waals surface area contributed by atoms with Crippen LogP contribution in [0.4, 0.5) is 10.5 Å². The van der Waals surface area contributed by atoms with Crippen LogP contribution in [0.5, 0.6) is 5.75 Å². The summed E-state index contributed by atoms with van der Waals surface area (Å²) in [5, 5.41) is 2.62. The van der Waals surface area contributed by atoms with E-state index >= 15 is 0 Å². The van der Waals surface area contributed by atoms with Gasteiger partial charge in [0, 0.05) is 10.0 Å². The van der Waals surface area contributed by atoms with Gasteiger partial charge < -0.3 is 4.74 Å². The molecular formula is C20H14Br2Cl2N2O4. The maximum Gasteiger partial charge on any atom is 0.335 e. The maximum absolute atomic E-state index is 13.1. The lowest BCUT2D eigenvalue weighted by molar-refractivity contribution is -0.122. The Morgan fingerprint density at radius 1 is 1.10 bits per heavy atom. The minimum absolute atomic E-state index is 0.170. The van der Waals surface area contributed by atoms with Gasteiger partial charge in [-0.2, -0.15) is 0 Å². The number of hydrogen-bond acceptors (Lipinski definition) is 4. The summed E-state index contributed by atoms with van der Waals surface area (Å²) in [6.45, 7) is 2.41. The summed E-state index contributed by atoms with van der Waals surface area (Å²) in [6, 6.07) is 6.93. The molecule has 0 saturated carbocycles. The van der Waals surface area contributed by atoms with Crippen molar-refractivity contribution in [2.45, 2.75) is 13.3 Å². The molecule has 0 atom stereocenters. The van der Waals surface area contributed by atoms with Crippen LogP contribution in [0.1, 0.15) is 18.9 Å². The summed E-state index contributed by atoms with van der Waals surface area (Å²) in [6.07, 6.45) is 2.16. The molecule has 1 fully saturated rings. The van der Waals surface area contributed by atoms with Crippen molar-refractivity contribution in [2.24, 2.45) is 0 Å². The van der Waals surface area contributed by atoms with Gasteiger partial charge in [-0.25, -0.2) is 9.69 Å². The van der Waals surface area contributed by atoms with Gasteiger partial charge in [0.1, 0.15) is 11.3 Å².